The molecule has 1 aromatic heterocycles. The number of amides is 1. The van der Waals surface area contributed by atoms with Crippen molar-refractivity contribution >= 4 is 11.6 Å². The number of carbonyl (C=O) groups is 1. The van der Waals surface area contributed by atoms with Crippen LogP contribution in [0.25, 0.3) is 5.69 Å². The van der Waals surface area contributed by atoms with E-state index < -0.39 is 0 Å². The number of para-hydroxylation sites is 1. The van der Waals surface area contributed by atoms with Gasteiger partial charge in [0, 0.05) is 13.6 Å². The zero-order valence-electron chi connectivity index (χ0n) is 16.0. The Morgan fingerprint density at radius 1 is 1.27 bits per heavy atom. The molecule has 1 aliphatic heterocycles. The van der Waals surface area contributed by atoms with Crippen LogP contribution in [-0.2, 0) is 11.8 Å². The molecule has 0 radical (unpaired) electrons. The Kier molecular flexibility index (Phi) is 5.32. The minimum absolute atomic E-state index is 0.120. The molecule has 1 aliphatic rings. The van der Waals surface area contributed by atoms with Crippen LogP contribution in [0.3, 0.4) is 0 Å². The summed E-state index contributed by atoms with van der Waals surface area (Å²) in [7, 11) is 1.83. The summed E-state index contributed by atoms with van der Waals surface area (Å²) in [5.41, 5.74) is 1.68. The van der Waals surface area contributed by atoms with Crippen LogP contribution in [0.15, 0.2) is 35.1 Å². The molecule has 2 heterocycles. The van der Waals surface area contributed by atoms with Gasteiger partial charge in [-0.25, -0.2) is 4.68 Å². The van der Waals surface area contributed by atoms with Crippen LogP contribution in [-0.4, -0.2) is 39.3 Å². The van der Waals surface area contributed by atoms with Crippen LogP contribution < -0.4 is 10.9 Å². The Morgan fingerprint density at radius 2 is 1.96 bits per heavy atom. The van der Waals surface area contributed by atoms with E-state index in [0.29, 0.717) is 11.6 Å². The summed E-state index contributed by atoms with van der Waals surface area (Å²) in [5, 5.41) is 2.89. The molecule has 2 atom stereocenters. The van der Waals surface area contributed by atoms with E-state index in [9.17, 15) is 9.59 Å². The SMILES string of the molecule is Cc1c(NC(=O)C(C)N2CCCC(C)C2)c(=O)n(-c2ccccc2)n1C. The summed E-state index contributed by atoms with van der Waals surface area (Å²) in [5.74, 6) is 0.484. The fourth-order valence-corrected chi connectivity index (χ4v) is 3.68. The standard InChI is InChI=1S/C20H28N4O2/c1-14-9-8-12-23(13-14)16(3)19(25)21-18-15(2)22(4)24(20(18)26)17-10-6-5-7-11-17/h5-7,10-11,14,16H,8-9,12-13H2,1-4H3,(H,21,25). The lowest BCUT2D eigenvalue weighted by Crippen LogP contribution is -2.47. The first-order chi connectivity index (χ1) is 12.4. The van der Waals surface area contributed by atoms with Gasteiger partial charge in [-0.15, -0.1) is 0 Å². The molecule has 0 aliphatic carbocycles. The van der Waals surface area contributed by atoms with Crippen molar-refractivity contribution in [2.75, 3.05) is 18.4 Å². The number of likely N-dealkylation sites (tertiary alicyclic amines) is 1. The van der Waals surface area contributed by atoms with Gasteiger partial charge >= 0.3 is 0 Å². The Balaban J connectivity index is 1.84. The lowest BCUT2D eigenvalue weighted by Gasteiger charge is -2.34. The molecule has 1 fully saturated rings. The summed E-state index contributed by atoms with van der Waals surface area (Å²) in [6.07, 6.45) is 2.33. The molecule has 2 aromatic rings. The van der Waals surface area contributed by atoms with Gasteiger partial charge in [0.2, 0.25) is 5.91 Å². The van der Waals surface area contributed by atoms with E-state index >= 15 is 0 Å². The highest BCUT2D eigenvalue weighted by Crippen LogP contribution is 2.19. The molecule has 0 saturated carbocycles. The van der Waals surface area contributed by atoms with Crippen molar-refractivity contribution in [2.45, 2.75) is 39.7 Å². The number of nitrogens with zero attached hydrogens (tertiary/aromatic N) is 3. The number of piperidine rings is 1. The van der Waals surface area contributed by atoms with Crippen molar-refractivity contribution in [2.24, 2.45) is 13.0 Å². The van der Waals surface area contributed by atoms with E-state index in [4.69, 9.17) is 0 Å². The number of aromatic nitrogens is 2. The third-order valence-corrected chi connectivity index (χ3v) is 5.42. The molecule has 3 rings (SSSR count). The van der Waals surface area contributed by atoms with E-state index in [1.54, 1.807) is 9.36 Å². The largest absolute Gasteiger partial charge is 0.319 e. The second-order valence-electron chi connectivity index (χ2n) is 7.34. The average Bonchev–Trinajstić information content (AvgIpc) is 2.85. The van der Waals surface area contributed by atoms with Crippen molar-refractivity contribution in [3.63, 3.8) is 0 Å². The molecule has 6 heteroatoms. The first kappa shape index (κ1) is 18.5. The fourth-order valence-electron chi connectivity index (χ4n) is 3.68. The predicted molar refractivity (Wildman–Crippen MR) is 104 cm³/mol. The van der Waals surface area contributed by atoms with Crippen molar-refractivity contribution in [3.05, 3.63) is 46.4 Å². The van der Waals surface area contributed by atoms with Gasteiger partial charge in [-0.2, -0.15) is 0 Å². The number of carbonyl (C=O) groups excluding carboxylic acids is 1. The van der Waals surface area contributed by atoms with Crippen LogP contribution in [0.4, 0.5) is 5.69 Å². The number of hydrogen-bond acceptors (Lipinski definition) is 3. The molecule has 6 nitrogen and oxygen atoms in total. The third kappa shape index (κ3) is 3.46. The lowest BCUT2D eigenvalue weighted by molar-refractivity contribution is -0.121. The first-order valence-electron chi connectivity index (χ1n) is 9.29. The molecule has 1 amide bonds. The monoisotopic (exact) mass is 356 g/mol. The Bertz CT molecular complexity index is 837. The summed E-state index contributed by atoms with van der Waals surface area (Å²) >= 11 is 0. The highest BCUT2D eigenvalue weighted by molar-refractivity contribution is 5.95. The number of rotatable bonds is 4. The third-order valence-electron chi connectivity index (χ3n) is 5.42. The van der Waals surface area contributed by atoms with Gasteiger partial charge in [0.25, 0.3) is 5.56 Å². The van der Waals surface area contributed by atoms with Crippen LogP contribution in [0.2, 0.25) is 0 Å². The van der Waals surface area contributed by atoms with E-state index in [1.807, 2.05) is 51.2 Å². The summed E-state index contributed by atoms with van der Waals surface area (Å²) in [6.45, 7) is 7.85. The lowest BCUT2D eigenvalue weighted by atomic mass is 9.99. The molecule has 1 saturated heterocycles. The van der Waals surface area contributed by atoms with Crippen molar-refractivity contribution < 1.29 is 4.79 Å². The van der Waals surface area contributed by atoms with E-state index in [-0.39, 0.29) is 17.5 Å². The quantitative estimate of drug-likeness (QED) is 0.916. The smallest absolute Gasteiger partial charge is 0.295 e. The van der Waals surface area contributed by atoms with Crippen molar-refractivity contribution in [1.82, 2.24) is 14.3 Å². The molecular formula is C20H28N4O2. The Labute approximate surface area is 154 Å². The van der Waals surface area contributed by atoms with Crippen LogP contribution in [0.1, 0.15) is 32.4 Å². The van der Waals surface area contributed by atoms with Gasteiger partial charge in [-0.05, 0) is 51.3 Å². The maximum absolute atomic E-state index is 12.9. The molecule has 0 bridgehead atoms. The maximum Gasteiger partial charge on any atom is 0.295 e. The van der Waals surface area contributed by atoms with Gasteiger partial charge in [0.15, 0.2) is 0 Å². The highest BCUT2D eigenvalue weighted by atomic mass is 16.2. The van der Waals surface area contributed by atoms with Gasteiger partial charge in [-0.3, -0.25) is 19.2 Å². The molecule has 140 valence electrons. The van der Waals surface area contributed by atoms with Crippen molar-refractivity contribution in [1.29, 1.82) is 0 Å². The van der Waals surface area contributed by atoms with Gasteiger partial charge in [0.05, 0.1) is 17.4 Å². The number of anilines is 1. The predicted octanol–water partition coefficient (Wildman–Crippen LogP) is 2.54. The van der Waals surface area contributed by atoms with Gasteiger partial charge in [0.1, 0.15) is 5.69 Å². The van der Waals surface area contributed by atoms with Gasteiger partial charge in [-0.1, -0.05) is 25.1 Å². The molecule has 0 spiro atoms. The molecule has 1 N–H and O–H groups in total. The minimum Gasteiger partial charge on any atom is -0.319 e. The molecule has 2 unspecified atom stereocenters. The highest BCUT2D eigenvalue weighted by Gasteiger charge is 2.27. The van der Waals surface area contributed by atoms with E-state index in [2.05, 4.69) is 17.1 Å². The first-order valence-corrected chi connectivity index (χ1v) is 9.29. The van der Waals surface area contributed by atoms with Crippen LogP contribution >= 0.6 is 0 Å². The normalized spacial score (nSPS) is 19.3. The number of hydrogen-bond donors (Lipinski definition) is 1. The van der Waals surface area contributed by atoms with Gasteiger partial charge < -0.3 is 5.32 Å². The fraction of sp³-hybridized carbons (Fsp3) is 0.500. The van der Waals surface area contributed by atoms with Crippen LogP contribution in [0.5, 0.6) is 0 Å². The average molecular weight is 356 g/mol. The second-order valence-corrected chi connectivity index (χ2v) is 7.34. The summed E-state index contributed by atoms with van der Waals surface area (Å²) < 4.78 is 3.36. The maximum atomic E-state index is 12.9. The minimum atomic E-state index is -0.248. The van der Waals surface area contributed by atoms with E-state index in [0.717, 1.165) is 30.9 Å². The van der Waals surface area contributed by atoms with E-state index in [1.165, 1.54) is 6.42 Å². The molecular weight excluding hydrogens is 328 g/mol. The topological polar surface area (TPSA) is 59.3 Å². The molecule has 26 heavy (non-hydrogen) atoms. The summed E-state index contributed by atoms with van der Waals surface area (Å²) in [6, 6.07) is 9.20. The molecule has 1 aromatic carbocycles. The summed E-state index contributed by atoms with van der Waals surface area (Å²) in [4.78, 5) is 27.9. The Hall–Kier alpha value is -2.34. The Morgan fingerprint density at radius 3 is 2.62 bits per heavy atom. The zero-order valence-corrected chi connectivity index (χ0v) is 16.0. The van der Waals surface area contributed by atoms with Crippen molar-refractivity contribution in [3.8, 4) is 5.69 Å². The number of benzene rings is 1. The zero-order chi connectivity index (χ0) is 18.8. The second kappa shape index (κ2) is 7.50. The number of nitrogens with one attached hydrogen (secondary N) is 1. The van der Waals surface area contributed by atoms with Crippen LogP contribution in [0, 0.1) is 12.8 Å².